The number of nitrogen functional groups attached to an aromatic ring is 3. The second-order valence-corrected chi connectivity index (χ2v) is 7.57. The normalized spacial score (nSPS) is 10.3. The zero-order chi connectivity index (χ0) is 25.4. The van der Waals surface area contributed by atoms with Gasteiger partial charge in [0, 0.05) is 31.9 Å². The maximum absolute atomic E-state index is 12.8. The predicted octanol–water partition coefficient (Wildman–Crippen LogP) is 2.00. The number of aromatic nitrogens is 6. The van der Waals surface area contributed by atoms with Gasteiger partial charge in [0.05, 0.1) is 15.9 Å². The van der Waals surface area contributed by atoms with Crippen molar-refractivity contribution in [2.45, 2.75) is 26.3 Å². The molecule has 0 spiro atoms. The van der Waals surface area contributed by atoms with Crippen LogP contribution in [0.15, 0.2) is 41.5 Å². The Balaban J connectivity index is 0.000000261. The zero-order valence-corrected chi connectivity index (χ0v) is 19.7. The first-order valence-electron chi connectivity index (χ1n) is 10.6. The van der Waals surface area contributed by atoms with E-state index < -0.39 is 0 Å². The van der Waals surface area contributed by atoms with Crippen molar-refractivity contribution in [1.82, 2.24) is 29.5 Å². The van der Waals surface area contributed by atoms with Crippen LogP contribution in [0.3, 0.4) is 0 Å². The second kappa shape index (κ2) is 11.6. The number of nitrogens with one attached hydrogen (secondary N) is 1. The summed E-state index contributed by atoms with van der Waals surface area (Å²) in [4.78, 5) is 32.7. The van der Waals surface area contributed by atoms with Gasteiger partial charge in [0.2, 0.25) is 11.9 Å². The smallest absolute Gasteiger partial charge is 0.262 e. The lowest BCUT2D eigenvalue weighted by Crippen LogP contribution is -2.26. The fraction of sp³-hybridized carbons (Fsp3) is 0.227. The molecule has 13 heteroatoms. The number of benzene rings is 1. The first-order chi connectivity index (χ1) is 16.8. The van der Waals surface area contributed by atoms with E-state index in [9.17, 15) is 4.79 Å². The standard InChI is InChI=1S/C17H18ClN5O.C5H6N6/c1-2-14-22-13-7-3-6-12(18)15(13)16(24)23(14)11-5-10-21-17-19-8-4-9-20-17;6-1-2-3(7)10-5(9)11-4(2)8/h3-4,6-9H,2,5,10-11H2,1H3,(H,19,20,21);(H6,7,8,9,10,11). The van der Waals surface area contributed by atoms with Gasteiger partial charge in [0.25, 0.3) is 5.56 Å². The van der Waals surface area contributed by atoms with Crippen LogP contribution in [0.5, 0.6) is 0 Å². The molecule has 0 aliphatic heterocycles. The van der Waals surface area contributed by atoms with E-state index in [2.05, 4.69) is 30.2 Å². The Morgan fingerprint density at radius 3 is 2.40 bits per heavy atom. The number of halogens is 1. The van der Waals surface area contributed by atoms with E-state index in [-0.39, 0.29) is 28.7 Å². The molecule has 0 radical (unpaired) electrons. The van der Waals surface area contributed by atoms with Crippen molar-refractivity contribution in [2.24, 2.45) is 0 Å². The largest absolute Gasteiger partial charge is 0.382 e. The quantitative estimate of drug-likeness (QED) is 0.286. The Morgan fingerprint density at radius 1 is 1.09 bits per heavy atom. The molecule has 35 heavy (non-hydrogen) atoms. The number of nitriles is 1. The van der Waals surface area contributed by atoms with Gasteiger partial charge in [-0.1, -0.05) is 24.6 Å². The average molecular weight is 494 g/mol. The van der Waals surface area contributed by atoms with Crippen LogP contribution in [0.1, 0.15) is 24.7 Å². The maximum atomic E-state index is 12.8. The molecule has 0 aliphatic carbocycles. The van der Waals surface area contributed by atoms with Gasteiger partial charge in [-0.25, -0.2) is 15.0 Å². The molecule has 0 aliphatic rings. The Bertz CT molecular complexity index is 1390. The third-order valence-corrected chi connectivity index (χ3v) is 5.14. The monoisotopic (exact) mass is 493 g/mol. The summed E-state index contributed by atoms with van der Waals surface area (Å²) in [6.07, 6.45) is 4.81. The molecule has 1 aromatic carbocycles. The van der Waals surface area contributed by atoms with Gasteiger partial charge >= 0.3 is 0 Å². The Hall–Kier alpha value is -4.50. The van der Waals surface area contributed by atoms with Crippen LogP contribution < -0.4 is 28.1 Å². The molecular weight excluding hydrogens is 470 g/mol. The van der Waals surface area contributed by atoms with Crippen LogP contribution in [-0.4, -0.2) is 36.0 Å². The minimum atomic E-state index is -0.0848. The van der Waals surface area contributed by atoms with Crippen molar-refractivity contribution in [3.63, 3.8) is 0 Å². The van der Waals surface area contributed by atoms with Crippen molar-refractivity contribution in [3.8, 4) is 6.07 Å². The number of hydrogen-bond donors (Lipinski definition) is 4. The van der Waals surface area contributed by atoms with Gasteiger partial charge in [-0.2, -0.15) is 15.2 Å². The third-order valence-electron chi connectivity index (χ3n) is 4.83. The van der Waals surface area contributed by atoms with Crippen LogP contribution >= 0.6 is 11.6 Å². The first kappa shape index (κ1) is 25.1. The summed E-state index contributed by atoms with van der Waals surface area (Å²) in [7, 11) is 0. The Morgan fingerprint density at radius 2 is 1.77 bits per heavy atom. The third kappa shape index (κ3) is 6.10. The fourth-order valence-corrected chi connectivity index (χ4v) is 3.48. The van der Waals surface area contributed by atoms with Crippen LogP contribution in [0.25, 0.3) is 10.9 Å². The van der Waals surface area contributed by atoms with E-state index in [1.165, 1.54) is 0 Å². The van der Waals surface area contributed by atoms with E-state index in [1.54, 1.807) is 35.2 Å². The van der Waals surface area contributed by atoms with E-state index in [1.807, 2.05) is 19.1 Å². The molecule has 12 nitrogen and oxygen atoms in total. The van der Waals surface area contributed by atoms with E-state index >= 15 is 0 Å². The minimum absolute atomic E-state index is 0.0116. The number of anilines is 4. The SMILES string of the molecule is CCc1nc2cccc(Cl)c2c(=O)n1CCCNc1ncccn1.N#Cc1c(N)nc(N)nc1N. The predicted molar refractivity (Wildman–Crippen MR) is 136 cm³/mol. The number of hydrogen-bond acceptors (Lipinski definition) is 11. The molecule has 0 fully saturated rings. The molecule has 3 aromatic heterocycles. The first-order valence-corrected chi connectivity index (χ1v) is 11.0. The van der Waals surface area contributed by atoms with Gasteiger partial charge < -0.3 is 22.5 Å². The molecular formula is C22H24ClN11O. The van der Waals surface area contributed by atoms with Gasteiger partial charge in [-0.05, 0) is 24.6 Å². The van der Waals surface area contributed by atoms with Crippen molar-refractivity contribution >= 4 is 46.0 Å². The zero-order valence-electron chi connectivity index (χ0n) is 18.9. The number of rotatable bonds is 6. The van der Waals surface area contributed by atoms with Crippen molar-refractivity contribution in [1.29, 1.82) is 5.26 Å². The number of nitrogens with zero attached hydrogens (tertiary/aromatic N) is 7. The summed E-state index contributed by atoms with van der Waals surface area (Å²) >= 11 is 6.19. The topological polar surface area (TPSA) is 200 Å². The molecule has 7 N–H and O–H groups in total. The van der Waals surface area contributed by atoms with Gasteiger partial charge in [-0.3, -0.25) is 9.36 Å². The van der Waals surface area contributed by atoms with Crippen LogP contribution in [-0.2, 0) is 13.0 Å². The van der Waals surface area contributed by atoms with E-state index in [0.717, 1.165) is 12.2 Å². The van der Waals surface area contributed by atoms with Gasteiger partial charge in [0.15, 0.2) is 0 Å². The summed E-state index contributed by atoms with van der Waals surface area (Å²) < 4.78 is 1.71. The van der Waals surface area contributed by atoms with Crippen LogP contribution in [0.2, 0.25) is 5.02 Å². The highest BCUT2D eigenvalue weighted by molar-refractivity contribution is 6.35. The molecule has 0 saturated heterocycles. The van der Waals surface area contributed by atoms with E-state index in [4.69, 9.17) is 34.1 Å². The number of nitrogens with two attached hydrogens (primary N) is 3. The van der Waals surface area contributed by atoms with Crippen molar-refractivity contribution in [3.05, 3.63) is 63.4 Å². The molecule has 0 bridgehead atoms. The van der Waals surface area contributed by atoms with Crippen LogP contribution in [0, 0.1) is 11.3 Å². The molecule has 3 heterocycles. The fourth-order valence-electron chi connectivity index (χ4n) is 3.23. The summed E-state index contributed by atoms with van der Waals surface area (Å²) in [5.41, 5.74) is 16.4. The highest BCUT2D eigenvalue weighted by atomic mass is 35.5. The van der Waals surface area contributed by atoms with E-state index in [0.29, 0.717) is 41.4 Å². The molecule has 4 rings (SSSR count). The molecule has 180 valence electrons. The molecule has 0 amide bonds. The second-order valence-electron chi connectivity index (χ2n) is 7.16. The summed E-state index contributed by atoms with van der Waals surface area (Å²) in [5, 5.41) is 12.5. The number of fused-ring (bicyclic) bond motifs is 1. The highest BCUT2D eigenvalue weighted by Crippen LogP contribution is 2.19. The molecule has 0 atom stereocenters. The van der Waals surface area contributed by atoms with Crippen molar-refractivity contribution in [2.75, 3.05) is 29.1 Å². The summed E-state index contributed by atoms with van der Waals surface area (Å²) in [6, 6.07) is 8.88. The lowest BCUT2D eigenvalue weighted by atomic mass is 10.2. The Kier molecular flexibility index (Phi) is 8.31. The summed E-state index contributed by atoms with van der Waals surface area (Å²) in [6.45, 7) is 3.22. The van der Waals surface area contributed by atoms with Crippen LogP contribution in [0.4, 0.5) is 23.5 Å². The maximum Gasteiger partial charge on any atom is 0.262 e. The molecule has 4 aromatic rings. The Labute approximate surface area is 205 Å². The number of aryl methyl sites for hydroxylation is 1. The summed E-state index contributed by atoms with van der Waals surface area (Å²) in [5.74, 6) is 1.35. The van der Waals surface area contributed by atoms with Gasteiger partial charge in [-0.15, -0.1) is 0 Å². The lowest BCUT2D eigenvalue weighted by molar-refractivity contribution is 0.598. The van der Waals surface area contributed by atoms with Gasteiger partial charge in [0.1, 0.15) is 29.1 Å². The molecule has 0 saturated carbocycles. The van der Waals surface area contributed by atoms with Crippen molar-refractivity contribution < 1.29 is 0 Å². The average Bonchev–Trinajstić information content (AvgIpc) is 2.83. The molecule has 0 unspecified atom stereocenters. The highest BCUT2D eigenvalue weighted by Gasteiger charge is 2.12. The minimum Gasteiger partial charge on any atom is -0.382 e. The lowest BCUT2D eigenvalue weighted by Gasteiger charge is -2.13.